The van der Waals surface area contributed by atoms with Gasteiger partial charge in [-0.3, -0.25) is 4.79 Å². The van der Waals surface area contributed by atoms with Crippen molar-refractivity contribution in [3.8, 4) is 0 Å². The molecule has 3 rings (SSSR count). The fourth-order valence-corrected chi connectivity index (χ4v) is 2.58. The number of H-pyrrole nitrogens is 1. The topological polar surface area (TPSA) is 121 Å². The molecule has 1 aliphatic rings. The molecular weight excluding hydrogens is 282 g/mol. The van der Waals surface area contributed by atoms with Gasteiger partial charge in [0.05, 0.1) is 29.7 Å². The Kier molecular flexibility index (Phi) is 2.97. The smallest absolute Gasteiger partial charge is 0.353 e. The summed E-state index contributed by atoms with van der Waals surface area (Å²) in [6, 6.07) is 0. The van der Waals surface area contributed by atoms with Crippen molar-refractivity contribution >= 4 is 23.6 Å². The second kappa shape index (κ2) is 4.67. The van der Waals surface area contributed by atoms with E-state index >= 15 is 0 Å². The van der Waals surface area contributed by atoms with E-state index in [-0.39, 0.29) is 17.3 Å². The molecule has 0 atom stereocenters. The highest BCUT2D eigenvalue weighted by molar-refractivity contribution is 6.99. The van der Waals surface area contributed by atoms with E-state index in [2.05, 4.69) is 24.0 Å². The molecular formula is C11H11N5O3S. The van der Waals surface area contributed by atoms with Gasteiger partial charge in [-0.2, -0.15) is 8.75 Å². The van der Waals surface area contributed by atoms with Crippen LogP contribution in [-0.2, 0) is 5.54 Å². The van der Waals surface area contributed by atoms with E-state index in [9.17, 15) is 9.59 Å². The Balaban J connectivity index is 1.83. The first kappa shape index (κ1) is 12.7. The van der Waals surface area contributed by atoms with E-state index in [1.807, 2.05) is 0 Å². The molecule has 0 aromatic carbocycles. The molecule has 3 N–H and O–H groups in total. The molecule has 20 heavy (non-hydrogen) atoms. The zero-order valence-electron chi connectivity index (χ0n) is 10.3. The number of rotatable bonds is 4. The summed E-state index contributed by atoms with van der Waals surface area (Å²) in [4.78, 5) is 29.8. The highest BCUT2D eigenvalue weighted by Crippen LogP contribution is 2.39. The standard InChI is InChI=1S/C11H11N5O3S/c17-8(6-5-13-20-16-6)15-11(2-1-3-11)10-12-4-7(14-10)9(18)19/h4-5H,1-3H2,(H,12,14)(H,15,17)(H,18,19). The molecule has 0 aliphatic heterocycles. The fraction of sp³-hybridized carbons (Fsp3) is 0.364. The molecule has 104 valence electrons. The van der Waals surface area contributed by atoms with Gasteiger partial charge >= 0.3 is 5.97 Å². The first-order valence-corrected chi connectivity index (χ1v) is 6.73. The van der Waals surface area contributed by atoms with E-state index in [0.717, 1.165) is 18.1 Å². The fourth-order valence-electron chi connectivity index (χ4n) is 2.17. The zero-order valence-corrected chi connectivity index (χ0v) is 11.1. The molecule has 2 heterocycles. The number of aromatic nitrogens is 4. The summed E-state index contributed by atoms with van der Waals surface area (Å²) < 4.78 is 7.67. The molecule has 0 bridgehead atoms. The molecule has 1 fully saturated rings. The SMILES string of the molecule is O=C(NC1(c2ncc(C(=O)O)[nH]2)CCC1)c1cnsn1. The van der Waals surface area contributed by atoms with Gasteiger partial charge in [0.1, 0.15) is 11.5 Å². The third-order valence-corrected chi connectivity index (χ3v) is 3.89. The van der Waals surface area contributed by atoms with Crippen molar-refractivity contribution in [1.82, 2.24) is 24.0 Å². The number of aromatic carboxylic acids is 1. The number of hydrogen-bond acceptors (Lipinski definition) is 6. The number of nitrogens with one attached hydrogen (secondary N) is 2. The van der Waals surface area contributed by atoms with Crippen LogP contribution in [0.2, 0.25) is 0 Å². The van der Waals surface area contributed by atoms with Crippen LogP contribution >= 0.6 is 11.7 Å². The summed E-state index contributed by atoms with van der Waals surface area (Å²) >= 11 is 0.961. The quantitative estimate of drug-likeness (QED) is 0.765. The Bertz CT molecular complexity index is 647. The van der Waals surface area contributed by atoms with Gasteiger partial charge in [0.2, 0.25) is 0 Å². The minimum Gasteiger partial charge on any atom is -0.477 e. The molecule has 0 radical (unpaired) electrons. The van der Waals surface area contributed by atoms with Crippen molar-refractivity contribution in [3.05, 3.63) is 29.6 Å². The lowest BCUT2D eigenvalue weighted by Gasteiger charge is -2.40. The number of carbonyl (C=O) groups excluding carboxylic acids is 1. The number of amides is 1. The van der Waals surface area contributed by atoms with Crippen LogP contribution in [0.5, 0.6) is 0 Å². The zero-order chi connectivity index (χ0) is 14.2. The number of aromatic amines is 1. The van der Waals surface area contributed by atoms with Crippen LogP contribution in [0.1, 0.15) is 46.1 Å². The molecule has 1 aliphatic carbocycles. The molecule has 0 unspecified atom stereocenters. The van der Waals surface area contributed by atoms with E-state index in [0.29, 0.717) is 18.7 Å². The van der Waals surface area contributed by atoms with Crippen molar-refractivity contribution < 1.29 is 14.7 Å². The minimum atomic E-state index is -1.08. The lowest BCUT2D eigenvalue weighted by atomic mass is 9.76. The van der Waals surface area contributed by atoms with E-state index in [1.54, 1.807) is 0 Å². The number of carboxylic acids is 1. The lowest BCUT2D eigenvalue weighted by Crippen LogP contribution is -2.51. The van der Waals surface area contributed by atoms with Crippen molar-refractivity contribution in [2.45, 2.75) is 24.8 Å². The Morgan fingerprint density at radius 1 is 1.40 bits per heavy atom. The molecule has 1 amide bonds. The number of carboxylic acid groups (broad SMARTS) is 1. The largest absolute Gasteiger partial charge is 0.477 e. The highest BCUT2D eigenvalue weighted by Gasteiger charge is 2.43. The Hall–Kier alpha value is -2.29. The summed E-state index contributed by atoms with van der Waals surface area (Å²) in [6.45, 7) is 0. The van der Waals surface area contributed by atoms with Crippen LogP contribution < -0.4 is 5.32 Å². The molecule has 2 aromatic heterocycles. The summed E-state index contributed by atoms with van der Waals surface area (Å²) in [5, 5.41) is 11.8. The van der Waals surface area contributed by atoms with Gasteiger partial charge in [-0.15, -0.1) is 0 Å². The van der Waals surface area contributed by atoms with Gasteiger partial charge < -0.3 is 15.4 Å². The number of imidazole rings is 1. The summed E-state index contributed by atoms with van der Waals surface area (Å²) in [6.07, 6.45) is 5.02. The maximum Gasteiger partial charge on any atom is 0.353 e. The lowest BCUT2D eigenvalue weighted by molar-refractivity contribution is 0.0690. The van der Waals surface area contributed by atoms with Crippen molar-refractivity contribution in [2.75, 3.05) is 0 Å². The average Bonchev–Trinajstić information content (AvgIpc) is 3.03. The first-order valence-electron chi connectivity index (χ1n) is 6.00. The number of nitrogens with zero attached hydrogens (tertiary/aromatic N) is 3. The van der Waals surface area contributed by atoms with Crippen LogP contribution in [-0.4, -0.2) is 35.7 Å². The van der Waals surface area contributed by atoms with Crippen molar-refractivity contribution in [3.63, 3.8) is 0 Å². The second-order valence-electron chi connectivity index (χ2n) is 4.63. The molecule has 8 nitrogen and oxygen atoms in total. The average molecular weight is 293 g/mol. The van der Waals surface area contributed by atoms with Gasteiger partial charge in [-0.1, -0.05) is 0 Å². The van der Waals surface area contributed by atoms with Gasteiger partial charge in [0.15, 0.2) is 5.69 Å². The Morgan fingerprint density at radius 2 is 2.20 bits per heavy atom. The van der Waals surface area contributed by atoms with Gasteiger partial charge in [-0.05, 0) is 19.3 Å². The monoisotopic (exact) mass is 293 g/mol. The minimum absolute atomic E-state index is 0.0100. The van der Waals surface area contributed by atoms with Crippen LogP contribution in [0, 0.1) is 0 Å². The number of carbonyl (C=O) groups is 2. The van der Waals surface area contributed by atoms with Gasteiger partial charge in [0.25, 0.3) is 5.91 Å². The highest BCUT2D eigenvalue weighted by atomic mass is 32.1. The van der Waals surface area contributed by atoms with E-state index in [1.165, 1.54) is 12.4 Å². The maximum atomic E-state index is 12.1. The molecule has 9 heteroatoms. The van der Waals surface area contributed by atoms with Crippen LogP contribution in [0.25, 0.3) is 0 Å². The van der Waals surface area contributed by atoms with Crippen molar-refractivity contribution in [1.29, 1.82) is 0 Å². The van der Waals surface area contributed by atoms with E-state index < -0.39 is 11.5 Å². The second-order valence-corrected chi connectivity index (χ2v) is 5.19. The van der Waals surface area contributed by atoms with Crippen LogP contribution in [0.4, 0.5) is 0 Å². The summed E-state index contributed by atoms with van der Waals surface area (Å²) in [5.74, 6) is -0.933. The molecule has 0 saturated heterocycles. The van der Waals surface area contributed by atoms with Crippen LogP contribution in [0.15, 0.2) is 12.4 Å². The Labute approximate surface area is 117 Å². The summed E-state index contributed by atoms with van der Waals surface area (Å²) in [5.41, 5.74) is -0.365. The molecule has 0 spiro atoms. The van der Waals surface area contributed by atoms with Gasteiger partial charge in [-0.25, -0.2) is 9.78 Å². The molecule has 2 aromatic rings. The van der Waals surface area contributed by atoms with Gasteiger partial charge in [0, 0.05) is 0 Å². The van der Waals surface area contributed by atoms with Crippen LogP contribution in [0.3, 0.4) is 0 Å². The number of hydrogen-bond donors (Lipinski definition) is 3. The first-order chi connectivity index (χ1) is 9.61. The van der Waals surface area contributed by atoms with E-state index in [4.69, 9.17) is 5.11 Å². The van der Waals surface area contributed by atoms with Crippen molar-refractivity contribution in [2.24, 2.45) is 0 Å². The normalized spacial score (nSPS) is 16.4. The maximum absolute atomic E-state index is 12.1. The predicted molar refractivity (Wildman–Crippen MR) is 68.5 cm³/mol. The predicted octanol–water partition coefficient (Wildman–Crippen LogP) is 0.769. The summed E-state index contributed by atoms with van der Waals surface area (Å²) in [7, 11) is 0. The third-order valence-electron chi connectivity index (χ3n) is 3.41. The third kappa shape index (κ3) is 2.05. The molecule has 1 saturated carbocycles. The Morgan fingerprint density at radius 3 is 2.70 bits per heavy atom.